The molecule has 0 bridgehead atoms. The standard InChI is InChI=1S/C28H24ClF7N6/c1-41-39-28(23(26(31,32)33)17-8-4-2-5-9-17,40-42(41)24(27(34,35)36)18-10-6-3-7-11-18)37-16-20-14-19-12-13-21(30)15-22(19)38-25(20)29/h2-15,23-24,37,39-40H,16H2,1H3. The molecule has 1 saturated heterocycles. The number of alkyl halides is 6. The number of nitrogens with zero attached hydrogens (tertiary/aromatic N) is 3. The van der Waals surface area contributed by atoms with E-state index in [4.69, 9.17) is 11.6 Å². The van der Waals surface area contributed by atoms with Crippen LogP contribution in [-0.2, 0) is 6.54 Å². The molecule has 6 nitrogen and oxygen atoms in total. The highest BCUT2D eigenvalue weighted by Gasteiger charge is 2.61. The van der Waals surface area contributed by atoms with E-state index in [1.54, 1.807) is 0 Å². The Morgan fingerprint density at radius 1 is 0.857 bits per heavy atom. The summed E-state index contributed by atoms with van der Waals surface area (Å²) in [4.78, 5) is 4.14. The van der Waals surface area contributed by atoms with Gasteiger partial charge in [-0.05, 0) is 29.3 Å². The highest BCUT2D eigenvalue weighted by atomic mass is 35.5. The minimum atomic E-state index is -4.95. The second kappa shape index (κ2) is 11.4. The van der Waals surface area contributed by atoms with Gasteiger partial charge in [-0.25, -0.2) is 20.2 Å². The van der Waals surface area contributed by atoms with Gasteiger partial charge in [0.2, 0.25) is 0 Å². The Hall–Kier alpha value is -3.33. The fourth-order valence-electron chi connectivity index (χ4n) is 5.09. The van der Waals surface area contributed by atoms with Crippen LogP contribution >= 0.6 is 11.6 Å². The van der Waals surface area contributed by atoms with Crippen molar-refractivity contribution in [1.29, 1.82) is 0 Å². The number of rotatable bonds is 7. The van der Waals surface area contributed by atoms with Gasteiger partial charge in [-0.1, -0.05) is 72.3 Å². The molecule has 2 heterocycles. The van der Waals surface area contributed by atoms with Gasteiger partial charge in [-0.3, -0.25) is 5.32 Å². The van der Waals surface area contributed by atoms with E-state index in [2.05, 4.69) is 21.2 Å². The summed E-state index contributed by atoms with van der Waals surface area (Å²) in [7, 11) is 1.18. The van der Waals surface area contributed by atoms with E-state index in [1.165, 1.54) is 85.9 Å². The van der Waals surface area contributed by atoms with Crippen LogP contribution in [0.5, 0.6) is 0 Å². The first-order valence-corrected chi connectivity index (χ1v) is 13.0. The van der Waals surface area contributed by atoms with Crippen LogP contribution in [0.15, 0.2) is 84.9 Å². The smallest absolute Gasteiger partial charge is 0.280 e. The van der Waals surface area contributed by atoms with E-state index in [0.29, 0.717) is 10.5 Å². The van der Waals surface area contributed by atoms with Crippen molar-refractivity contribution in [2.24, 2.45) is 0 Å². The average molecular weight is 613 g/mol. The third-order valence-corrected chi connectivity index (χ3v) is 7.21. The summed E-state index contributed by atoms with van der Waals surface area (Å²) >= 11 is 6.31. The van der Waals surface area contributed by atoms with Crippen LogP contribution in [0.4, 0.5) is 30.7 Å². The quantitative estimate of drug-likeness (QED) is 0.162. The van der Waals surface area contributed by atoms with E-state index in [-0.39, 0.29) is 33.9 Å². The molecule has 5 rings (SSSR count). The van der Waals surface area contributed by atoms with Gasteiger partial charge >= 0.3 is 12.4 Å². The van der Waals surface area contributed by atoms with E-state index in [1.807, 2.05) is 0 Å². The van der Waals surface area contributed by atoms with E-state index < -0.39 is 35.9 Å². The minimum Gasteiger partial charge on any atom is -0.280 e. The molecule has 1 aliphatic rings. The lowest BCUT2D eigenvalue weighted by molar-refractivity contribution is -0.230. The van der Waals surface area contributed by atoms with Crippen LogP contribution in [-0.4, -0.2) is 40.4 Å². The summed E-state index contributed by atoms with van der Waals surface area (Å²) in [5, 5.41) is 4.53. The van der Waals surface area contributed by atoms with Crippen LogP contribution in [0, 0.1) is 5.82 Å². The van der Waals surface area contributed by atoms with Crippen LogP contribution in [0.3, 0.4) is 0 Å². The number of halogens is 8. The molecule has 1 fully saturated rings. The number of hydrogen-bond acceptors (Lipinski definition) is 6. The number of hydrogen-bond donors (Lipinski definition) is 3. The zero-order valence-corrected chi connectivity index (χ0v) is 22.6. The Morgan fingerprint density at radius 2 is 1.48 bits per heavy atom. The number of aromatic nitrogens is 1. The van der Waals surface area contributed by atoms with Gasteiger partial charge in [0.1, 0.15) is 16.9 Å². The van der Waals surface area contributed by atoms with E-state index in [0.717, 1.165) is 11.2 Å². The van der Waals surface area contributed by atoms with E-state index >= 15 is 0 Å². The predicted molar refractivity (Wildman–Crippen MR) is 143 cm³/mol. The zero-order valence-electron chi connectivity index (χ0n) is 21.8. The first kappa shape index (κ1) is 30.1. The topological polar surface area (TPSA) is 55.5 Å². The third kappa shape index (κ3) is 6.07. The van der Waals surface area contributed by atoms with Crippen molar-refractivity contribution in [3.8, 4) is 0 Å². The molecule has 3 N–H and O–H groups in total. The normalized spacial score (nSPS) is 20.2. The lowest BCUT2D eigenvalue weighted by Gasteiger charge is -2.39. The summed E-state index contributed by atoms with van der Waals surface area (Å²) in [6, 6.07) is 16.6. The third-order valence-electron chi connectivity index (χ3n) is 6.88. The summed E-state index contributed by atoms with van der Waals surface area (Å²) in [6.45, 7) is -0.359. The molecule has 42 heavy (non-hydrogen) atoms. The maximum Gasteiger partial charge on any atom is 0.410 e. The zero-order chi connectivity index (χ0) is 30.3. The van der Waals surface area contributed by atoms with Crippen molar-refractivity contribution in [2.45, 2.75) is 36.6 Å². The first-order valence-electron chi connectivity index (χ1n) is 12.6. The SMILES string of the molecule is CN1NC(NCc2cc3ccc(F)cc3nc2Cl)(C(c2ccccc2)C(F)(F)F)NN1C(c1ccccc1)C(F)(F)F. The molecule has 0 saturated carbocycles. The second-order valence-corrected chi connectivity index (χ2v) is 10.1. The molecule has 1 aliphatic heterocycles. The summed E-state index contributed by atoms with van der Waals surface area (Å²) in [6.07, 6.45) is -9.84. The Balaban J connectivity index is 1.59. The number of hydrazine groups is 3. The fourth-order valence-corrected chi connectivity index (χ4v) is 5.30. The van der Waals surface area contributed by atoms with Crippen LogP contribution in [0.25, 0.3) is 10.9 Å². The molecule has 3 atom stereocenters. The molecule has 14 heteroatoms. The van der Waals surface area contributed by atoms with Crippen molar-refractivity contribution in [1.82, 2.24) is 31.4 Å². The Labute approximate surface area is 241 Å². The van der Waals surface area contributed by atoms with Gasteiger partial charge in [0.25, 0.3) is 0 Å². The molecule has 3 aromatic carbocycles. The maximum atomic E-state index is 14.9. The lowest BCUT2D eigenvalue weighted by Crippen LogP contribution is -2.68. The van der Waals surface area contributed by atoms with Crippen LogP contribution < -0.4 is 16.2 Å². The Kier molecular flexibility index (Phi) is 8.18. The Morgan fingerprint density at radius 3 is 2.07 bits per heavy atom. The van der Waals surface area contributed by atoms with Gasteiger partial charge in [0.05, 0.1) is 5.52 Å². The molecule has 1 aromatic heterocycles. The monoisotopic (exact) mass is 612 g/mol. The number of fused-ring (bicyclic) bond motifs is 1. The van der Waals surface area contributed by atoms with Crippen LogP contribution in [0.2, 0.25) is 5.15 Å². The number of nitrogens with one attached hydrogen (secondary N) is 3. The molecule has 4 aromatic rings. The average Bonchev–Trinajstić information content (AvgIpc) is 3.23. The largest absolute Gasteiger partial charge is 0.410 e. The van der Waals surface area contributed by atoms with Crippen molar-refractivity contribution in [3.63, 3.8) is 0 Å². The summed E-state index contributed by atoms with van der Waals surface area (Å²) in [5.74, 6) is -5.38. The molecule has 0 aliphatic carbocycles. The minimum absolute atomic E-state index is 0.111. The molecule has 3 unspecified atom stereocenters. The fraction of sp³-hybridized carbons (Fsp3) is 0.250. The van der Waals surface area contributed by atoms with Gasteiger partial charge in [0, 0.05) is 30.6 Å². The summed E-state index contributed by atoms with van der Waals surface area (Å²) < 4.78 is 102. The predicted octanol–water partition coefficient (Wildman–Crippen LogP) is 6.59. The summed E-state index contributed by atoms with van der Waals surface area (Å²) in [5.41, 5.74) is 5.13. The van der Waals surface area contributed by atoms with Gasteiger partial charge in [0.15, 0.2) is 11.8 Å². The molecular weight excluding hydrogens is 589 g/mol. The van der Waals surface area contributed by atoms with Gasteiger partial charge < -0.3 is 0 Å². The molecule has 0 spiro atoms. The van der Waals surface area contributed by atoms with Crippen molar-refractivity contribution < 1.29 is 30.7 Å². The van der Waals surface area contributed by atoms with E-state index in [9.17, 15) is 30.7 Å². The molecule has 222 valence electrons. The first-order chi connectivity index (χ1) is 19.8. The molecule has 0 radical (unpaired) electrons. The van der Waals surface area contributed by atoms with Gasteiger partial charge in [-0.2, -0.15) is 31.5 Å². The molecular formula is C28H24ClF7N6. The number of benzene rings is 3. The van der Waals surface area contributed by atoms with Crippen molar-refractivity contribution in [2.75, 3.05) is 7.05 Å². The number of pyridine rings is 1. The molecule has 0 amide bonds. The highest BCUT2D eigenvalue weighted by molar-refractivity contribution is 6.30. The van der Waals surface area contributed by atoms with Crippen LogP contribution in [0.1, 0.15) is 28.7 Å². The van der Waals surface area contributed by atoms with Crippen molar-refractivity contribution in [3.05, 3.63) is 113 Å². The van der Waals surface area contributed by atoms with Gasteiger partial charge in [-0.15, -0.1) is 5.12 Å². The maximum absolute atomic E-state index is 14.9. The second-order valence-electron chi connectivity index (χ2n) is 9.77. The lowest BCUT2D eigenvalue weighted by atomic mass is 9.91. The highest BCUT2D eigenvalue weighted by Crippen LogP contribution is 2.45. The Bertz CT molecular complexity index is 1540. The van der Waals surface area contributed by atoms with Crippen molar-refractivity contribution >= 4 is 22.5 Å².